The van der Waals surface area contributed by atoms with Crippen molar-refractivity contribution in [2.75, 3.05) is 18.6 Å². The molecule has 0 radical (unpaired) electrons. The molecular weight excluding hydrogens is 240 g/mol. The number of halogens is 2. The second-order valence-corrected chi connectivity index (χ2v) is 4.97. The van der Waals surface area contributed by atoms with Gasteiger partial charge in [-0.05, 0) is 31.7 Å². The molecule has 4 heteroatoms. The Labute approximate surface area is 106 Å². The molecule has 0 fully saturated rings. The molecule has 1 rings (SSSR count). The van der Waals surface area contributed by atoms with Crippen LogP contribution in [0.15, 0.2) is 12.1 Å². The number of aryl methyl sites for hydroxylation is 1. The highest BCUT2D eigenvalue weighted by atomic mass is 32.2. The van der Waals surface area contributed by atoms with Crippen molar-refractivity contribution in [3.63, 3.8) is 0 Å². The number of thioether (sulfide) groups is 1. The predicted molar refractivity (Wildman–Crippen MR) is 70.5 cm³/mol. The van der Waals surface area contributed by atoms with Crippen molar-refractivity contribution in [3.8, 4) is 0 Å². The fourth-order valence-electron chi connectivity index (χ4n) is 1.67. The lowest BCUT2D eigenvalue weighted by atomic mass is 10.0. The normalized spacial score (nSPS) is 12.8. The summed E-state index contributed by atoms with van der Waals surface area (Å²) >= 11 is 1.62. The third-order valence-corrected chi connectivity index (χ3v) is 3.32. The van der Waals surface area contributed by atoms with Gasteiger partial charge in [-0.2, -0.15) is 11.8 Å². The first-order valence-electron chi connectivity index (χ1n) is 5.78. The van der Waals surface area contributed by atoms with Gasteiger partial charge in [0.25, 0.3) is 0 Å². The Kier molecular flexibility index (Phi) is 5.92. The molecule has 0 aliphatic rings. The zero-order valence-corrected chi connectivity index (χ0v) is 11.3. The lowest BCUT2D eigenvalue weighted by molar-refractivity contribution is 0.471. The van der Waals surface area contributed by atoms with Crippen LogP contribution in [0.25, 0.3) is 0 Å². The first-order valence-corrected chi connectivity index (χ1v) is 7.18. The SMILES string of the molecule is CCCNC(CSC)c1ccc(C)c(F)c1F. The van der Waals surface area contributed by atoms with Crippen molar-refractivity contribution < 1.29 is 8.78 Å². The molecule has 1 aromatic rings. The predicted octanol–water partition coefficient (Wildman–Crippen LogP) is 3.68. The summed E-state index contributed by atoms with van der Waals surface area (Å²) in [5, 5.41) is 3.25. The van der Waals surface area contributed by atoms with E-state index in [1.807, 2.05) is 6.26 Å². The van der Waals surface area contributed by atoms with Crippen LogP contribution in [0.5, 0.6) is 0 Å². The lowest BCUT2D eigenvalue weighted by Crippen LogP contribution is -2.25. The largest absolute Gasteiger partial charge is 0.309 e. The standard InChI is InChI=1S/C13H19F2NS/c1-4-7-16-11(8-17-3)10-6-5-9(2)12(14)13(10)15/h5-6,11,16H,4,7-8H2,1-3H3. The highest BCUT2D eigenvalue weighted by Gasteiger charge is 2.18. The van der Waals surface area contributed by atoms with Crippen molar-refractivity contribution in [2.24, 2.45) is 0 Å². The van der Waals surface area contributed by atoms with Gasteiger partial charge in [0.15, 0.2) is 11.6 Å². The van der Waals surface area contributed by atoms with E-state index in [-0.39, 0.29) is 6.04 Å². The third-order valence-electron chi connectivity index (χ3n) is 2.65. The lowest BCUT2D eigenvalue weighted by Gasteiger charge is -2.19. The van der Waals surface area contributed by atoms with Gasteiger partial charge in [0.05, 0.1) is 0 Å². The molecular formula is C13H19F2NS. The zero-order chi connectivity index (χ0) is 12.8. The highest BCUT2D eigenvalue weighted by Crippen LogP contribution is 2.24. The van der Waals surface area contributed by atoms with Crippen LogP contribution in [0, 0.1) is 18.6 Å². The first kappa shape index (κ1) is 14.5. The van der Waals surface area contributed by atoms with Crippen LogP contribution < -0.4 is 5.32 Å². The molecule has 96 valence electrons. The van der Waals surface area contributed by atoms with E-state index in [9.17, 15) is 8.78 Å². The first-order chi connectivity index (χ1) is 8.11. The Bertz CT molecular complexity index is 369. The number of benzene rings is 1. The molecule has 1 N–H and O–H groups in total. The van der Waals surface area contributed by atoms with Gasteiger partial charge < -0.3 is 5.32 Å². The average Bonchev–Trinajstić information content (AvgIpc) is 2.32. The van der Waals surface area contributed by atoms with Gasteiger partial charge >= 0.3 is 0 Å². The summed E-state index contributed by atoms with van der Waals surface area (Å²) in [4.78, 5) is 0. The van der Waals surface area contributed by atoms with Crippen LogP contribution in [-0.4, -0.2) is 18.6 Å². The minimum atomic E-state index is -0.730. The molecule has 0 spiro atoms. The molecule has 1 atom stereocenters. The number of nitrogens with one attached hydrogen (secondary N) is 1. The minimum Gasteiger partial charge on any atom is -0.309 e. The van der Waals surface area contributed by atoms with E-state index in [0.717, 1.165) is 18.7 Å². The molecule has 0 aromatic heterocycles. The summed E-state index contributed by atoms with van der Waals surface area (Å²) in [5.74, 6) is -0.709. The topological polar surface area (TPSA) is 12.0 Å². The van der Waals surface area contributed by atoms with Crippen LogP contribution in [0.4, 0.5) is 8.78 Å². The van der Waals surface area contributed by atoms with Crippen LogP contribution in [0.1, 0.15) is 30.5 Å². The van der Waals surface area contributed by atoms with E-state index in [1.54, 1.807) is 30.8 Å². The summed E-state index contributed by atoms with van der Waals surface area (Å²) in [5.41, 5.74) is 0.778. The van der Waals surface area contributed by atoms with Crippen LogP contribution in [0.3, 0.4) is 0 Å². The zero-order valence-electron chi connectivity index (χ0n) is 10.5. The van der Waals surface area contributed by atoms with Crippen molar-refractivity contribution in [1.29, 1.82) is 0 Å². The van der Waals surface area contributed by atoms with Gasteiger partial charge in [0.2, 0.25) is 0 Å². The Morgan fingerprint density at radius 3 is 2.59 bits per heavy atom. The molecule has 0 saturated carbocycles. The molecule has 0 amide bonds. The van der Waals surface area contributed by atoms with Gasteiger partial charge in [-0.15, -0.1) is 0 Å². The van der Waals surface area contributed by atoms with Crippen molar-refractivity contribution >= 4 is 11.8 Å². The van der Waals surface area contributed by atoms with E-state index >= 15 is 0 Å². The smallest absolute Gasteiger partial charge is 0.163 e. The summed E-state index contributed by atoms with van der Waals surface area (Å²) in [6.45, 7) is 4.43. The van der Waals surface area contributed by atoms with Gasteiger partial charge in [0, 0.05) is 17.4 Å². The second-order valence-electron chi connectivity index (χ2n) is 4.06. The third kappa shape index (κ3) is 3.68. The Hall–Kier alpha value is -0.610. The fourth-order valence-corrected chi connectivity index (χ4v) is 2.30. The summed E-state index contributed by atoms with van der Waals surface area (Å²) in [6.07, 6.45) is 2.93. The van der Waals surface area contributed by atoms with E-state index in [2.05, 4.69) is 12.2 Å². The van der Waals surface area contributed by atoms with E-state index in [0.29, 0.717) is 11.1 Å². The van der Waals surface area contributed by atoms with Gasteiger partial charge in [0.1, 0.15) is 0 Å². The van der Waals surface area contributed by atoms with Gasteiger partial charge in [-0.1, -0.05) is 19.1 Å². The minimum absolute atomic E-state index is 0.125. The molecule has 1 unspecified atom stereocenters. The van der Waals surface area contributed by atoms with E-state index < -0.39 is 11.6 Å². The maximum absolute atomic E-state index is 13.8. The fraction of sp³-hybridized carbons (Fsp3) is 0.538. The Balaban J connectivity index is 2.97. The molecule has 1 aromatic carbocycles. The molecule has 0 aliphatic heterocycles. The van der Waals surface area contributed by atoms with Crippen LogP contribution in [-0.2, 0) is 0 Å². The maximum atomic E-state index is 13.8. The van der Waals surface area contributed by atoms with Crippen molar-refractivity contribution in [3.05, 3.63) is 34.9 Å². The number of rotatable bonds is 6. The molecule has 17 heavy (non-hydrogen) atoms. The summed E-state index contributed by atoms with van der Waals surface area (Å²) in [7, 11) is 0. The number of hydrogen-bond donors (Lipinski definition) is 1. The summed E-state index contributed by atoms with van der Waals surface area (Å²) < 4.78 is 27.3. The monoisotopic (exact) mass is 259 g/mol. The molecule has 0 bridgehead atoms. The van der Waals surface area contributed by atoms with Crippen molar-refractivity contribution in [1.82, 2.24) is 5.32 Å². The van der Waals surface area contributed by atoms with Gasteiger partial charge in [-0.25, -0.2) is 8.78 Å². The number of hydrogen-bond acceptors (Lipinski definition) is 2. The van der Waals surface area contributed by atoms with Crippen molar-refractivity contribution in [2.45, 2.75) is 26.3 Å². The van der Waals surface area contributed by atoms with Crippen LogP contribution >= 0.6 is 11.8 Å². The van der Waals surface area contributed by atoms with E-state index in [4.69, 9.17) is 0 Å². The molecule has 0 heterocycles. The quantitative estimate of drug-likeness (QED) is 0.836. The molecule has 1 nitrogen and oxygen atoms in total. The summed E-state index contributed by atoms with van der Waals surface area (Å²) in [6, 6.07) is 3.19. The van der Waals surface area contributed by atoms with Gasteiger partial charge in [-0.3, -0.25) is 0 Å². The second kappa shape index (κ2) is 6.97. The average molecular weight is 259 g/mol. The van der Waals surface area contributed by atoms with Crippen LogP contribution in [0.2, 0.25) is 0 Å². The Morgan fingerprint density at radius 2 is 2.00 bits per heavy atom. The molecule has 0 saturated heterocycles. The maximum Gasteiger partial charge on any atom is 0.163 e. The Morgan fingerprint density at radius 1 is 1.29 bits per heavy atom. The molecule has 0 aliphatic carbocycles. The highest BCUT2D eigenvalue weighted by molar-refractivity contribution is 7.98. The van der Waals surface area contributed by atoms with E-state index in [1.165, 1.54) is 0 Å².